The number of benzene rings is 1. The lowest BCUT2D eigenvalue weighted by molar-refractivity contribution is -0.113. The summed E-state index contributed by atoms with van der Waals surface area (Å²) < 4.78 is 7.11. The Labute approximate surface area is 172 Å². The first-order chi connectivity index (χ1) is 14.1. The fourth-order valence-electron chi connectivity index (χ4n) is 2.53. The van der Waals surface area contributed by atoms with Crippen molar-refractivity contribution in [3.63, 3.8) is 0 Å². The molecular weight excluding hydrogens is 392 g/mol. The van der Waals surface area contributed by atoms with Gasteiger partial charge >= 0.3 is 0 Å². The SMILES string of the molecule is CCNc1nc(NCC)n2c(SCC(=O)Nc3ccc(OCC)cc3)nnc2n1. The first kappa shape index (κ1) is 20.6. The molecule has 0 spiro atoms. The molecule has 0 saturated heterocycles. The number of nitrogens with one attached hydrogen (secondary N) is 3. The van der Waals surface area contributed by atoms with Crippen LogP contribution in [0.2, 0.25) is 0 Å². The molecule has 2 heterocycles. The van der Waals surface area contributed by atoms with E-state index in [4.69, 9.17) is 4.74 Å². The van der Waals surface area contributed by atoms with Gasteiger partial charge in [-0.1, -0.05) is 11.8 Å². The van der Waals surface area contributed by atoms with Crippen LogP contribution in [0, 0.1) is 0 Å². The van der Waals surface area contributed by atoms with Crippen LogP contribution >= 0.6 is 11.8 Å². The predicted molar refractivity (Wildman–Crippen MR) is 114 cm³/mol. The van der Waals surface area contributed by atoms with Crippen LogP contribution < -0.4 is 20.7 Å². The van der Waals surface area contributed by atoms with E-state index in [2.05, 4.69) is 36.1 Å². The second-order valence-electron chi connectivity index (χ2n) is 5.84. The van der Waals surface area contributed by atoms with Gasteiger partial charge in [-0.15, -0.1) is 10.2 Å². The molecule has 11 heteroatoms. The van der Waals surface area contributed by atoms with Crippen molar-refractivity contribution in [2.24, 2.45) is 0 Å². The third-order valence-electron chi connectivity index (χ3n) is 3.70. The van der Waals surface area contributed by atoms with E-state index in [1.807, 2.05) is 32.9 Å². The summed E-state index contributed by atoms with van der Waals surface area (Å²) in [6, 6.07) is 7.25. The second-order valence-corrected chi connectivity index (χ2v) is 6.79. The Morgan fingerprint density at radius 2 is 1.83 bits per heavy atom. The van der Waals surface area contributed by atoms with Gasteiger partial charge < -0.3 is 20.7 Å². The van der Waals surface area contributed by atoms with Gasteiger partial charge in [0, 0.05) is 18.8 Å². The van der Waals surface area contributed by atoms with Crippen molar-refractivity contribution in [2.75, 3.05) is 41.4 Å². The number of ether oxygens (including phenoxy) is 1. The molecule has 10 nitrogen and oxygen atoms in total. The van der Waals surface area contributed by atoms with Gasteiger partial charge in [0.2, 0.25) is 17.8 Å². The van der Waals surface area contributed by atoms with Crippen LogP contribution in [0.5, 0.6) is 5.75 Å². The van der Waals surface area contributed by atoms with Gasteiger partial charge in [0.05, 0.1) is 12.4 Å². The molecule has 29 heavy (non-hydrogen) atoms. The van der Waals surface area contributed by atoms with Gasteiger partial charge in [0.1, 0.15) is 5.75 Å². The van der Waals surface area contributed by atoms with Crippen LogP contribution in [0.1, 0.15) is 20.8 Å². The molecule has 1 aromatic carbocycles. The van der Waals surface area contributed by atoms with Crippen molar-refractivity contribution in [3.05, 3.63) is 24.3 Å². The number of aromatic nitrogens is 5. The van der Waals surface area contributed by atoms with E-state index in [9.17, 15) is 4.79 Å². The summed E-state index contributed by atoms with van der Waals surface area (Å²) in [7, 11) is 0. The highest BCUT2D eigenvalue weighted by Gasteiger charge is 2.16. The third kappa shape index (κ3) is 5.25. The molecule has 0 bridgehead atoms. The zero-order valence-corrected chi connectivity index (χ0v) is 17.4. The monoisotopic (exact) mass is 416 g/mol. The van der Waals surface area contributed by atoms with E-state index in [0.29, 0.717) is 48.2 Å². The van der Waals surface area contributed by atoms with E-state index < -0.39 is 0 Å². The lowest BCUT2D eigenvalue weighted by Crippen LogP contribution is -2.15. The van der Waals surface area contributed by atoms with Crippen LogP contribution in [0.3, 0.4) is 0 Å². The Bertz CT molecular complexity index is 960. The zero-order valence-electron chi connectivity index (χ0n) is 16.6. The molecule has 0 saturated carbocycles. The fourth-order valence-corrected chi connectivity index (χ4v) is 3.25. The molecule has 2 aromatic heterocycles. The van der Waals surface area contributed by atoms with Crippen molar-refractivity contribution in [3.8, 4) is 5.75 Å². The number of hydrogen-bond donors (Lipinski definition) is 3. The van der Waals surface area contributed by atoms with E-state index in [1.165, 1.54) is 11.8 Å². The molecule has 3 rings (SSSR count). The summed E-state index contributed by atoms with van der Waals surface area (Å²) in [6.07, 6.45) is 0. The molecule has 0 radical (unpaired) electrons. The predicted octanol–water partition coefficient (Wildman–Crippen LogP) is 2.51. The van der Waals surface area contributed by atoms with Crippen molar-refractivity contribution < 1.29 is 9.53 Å². The van der Waals surface area contributed by atoms with E-state index >= 15 is 0 Å². The number of thioether (sulfide) groups is 1. The van der Waals surface area contributed by atoms with Crippen LogP contribution in [0.15, 0.2) is 29.4 Å². The van der Waals surface area contributed by atoms with Crippen molar-refractivity contribution in [2.45, 2.75) is 25.9 Å². The standard InChI is InChI=1S/C18H24N8O2S/c1-4-19-15-22-16(20-5-2)26-17(23-15)24-25-18(26)29-11-14(27)21-12-7-9-13(10-8-12)28-6-3/h7-10H,4-6,11H2,1-3H3,(H,21,27)(H2,19,20,22,23,24). The number of amides is 1. The van der Waals surface area contributed by atoms with Crippen LogP contribution in [0.25, 0.3) is 5.78 Å². The summed E-state index contributed by atoms with van der Waals surface area (Å²) in [5.74, 6) is 2.27. The zero-order chi connectivity index (χ0) is 20.6. The highest BCUT2D eigenvalue weighted by atomic mass is 32.2. The lowest BCUT2D eigenvalue weighted by Gasteiger charge is -2.10. The summed E-state index contributed by atoms with van der Waals surface area (Å²) in [4.78, 5) is 21.1. The maximum atomic E-state index is 12.3. The molecule has 3 aromatic rings. The number of rotatable bonds is 10. The Balaban J connectivity index is 1.68. The van der Waals surface area contributed by atoms with Gasteiger partial charge in [0.25, 0.3) is 5.78 Å². The minimum Gasteiger partial charge on any atom is -0.494 e. The number of fused-ring (bicyclic) bond motifs is 1. The van der Waals surface area contributed by atoms with Gasteiger partial charge in [0.15, 0.2) is 5.16 Å². The minimum absolute atomic E-state index is 0.147. The Morgan fingerprint density at radius 1 is 1.07 bits per heavy atom. The second kappa shape index (κ2) is 9.92. The highest BCUT2D eigenvalue weighted by Crippen LogP contribution is 2.22. The van der Waals surface area contributed by atoms with E-state index in [-0.39, 0.29) is 11.7 Å². The molecule has 154 valence electrons. The first-order valence-electron chi connectivity index (χ1n) is 9.41. The van der Waals surface area contributed by atoms with E-state index in [1.54, 1.807) is 16.5 Å². The summed E-state index contributed by atoms with van der Waals surface area (Å²) in [5.41, 5.74) is 0.706. The summed E-state index contributed by atoms with van der Waals surface area (Å²) >= 11 is 1.27. The maximum absolute atomic E-state index is 12.3. The molecule has 0 aliphatic carbocycles. The smallest absolute Gasteiger partial charge is 0.261 e. The molecule has 1 amide bonds. The van der Waals surface area contributed by atoms with Crippen molar-refractivity contribution in [1.82, 2.24) is 24.6 Å². The molecule has 0 unspecified atom stereocenters. The van der Waals surface area contributed by atoms with Crippen molar-refractivity contribution >= 4 is 41.0 Å². The average Bonchev–Trinajstić information content (AvgIpc) is 3.12. The molecule has 0 aliphatic rings. The first-order valence-corrected chi connectivity index (χ1v) is 10.4. The molecule has 0 atom stereocenters. The summed E-state index contributed by atoms with van der Waals surface area (Å²) in [6.45, 7) is 7.84. The number of hydrogen-bond acceptors (Lipinski definition) is 9. The molecule has 3 N–H and O–H groups in total. The van der Waals surface area contributed by atoms with Crippen LogP contribution in [-0.4, -0.2) is 55.9 Å². The topological polar surface area (TPSA) is 118 Å². The van der Waals surface area contributed by atoms with E-state index in [0.717, 1.165) is 5.75 Å². The highest BCUT2D eigenvalue weighted by molar-refractivity contribution is 7.99. The number of anilines is 3. The molecule has 0 fully saturated rings. The molecule has 0 aliphatic heterocycles. The normalized spacial score (nSPS) is 10.7. The maximum Gasteiger partial charge on any atom is 0.261 e. The molecular formula is C18H24N8O2S. The Kier molecular flexibility index (Phi) is 7.06. The fraction of sp³-hybridized carbons (Fsp3) is 0.389. The van der Waals surface area contributed by atoms with Gasteiger partial charge in [-0.05, 0) is 45.0 Å². The Morgan fingerprint density at radius 3 is 2.52 bits per heavy atom. The largest absolute Gasteiger partial charge is 0.494 e. The van der Waals surface area contributed by atoms with Gasteiger partial charge in [-0.3, -0.25) is 4.79 Å². The number of nitrogens with zero attached hydrogens (tertiary/aromatic N) is 5. The average molecular weight is 417 g/mol. The quantitative estimate of drug-likeness (QED) is 0.428. The number of carbonyl (C=O) groups excluding carboxylic acids is 1. The van der Waals surface area contributed by atoms with Crippen LogP contribution in [-0.2, 0) is 4.79 Å². The Hall–Kier alpha value is -3.08. The van der Waals surface area contributed by atoms with Crippen LogP contribution in [0.4, 0.5) is 17.6 Å². The van der Waals surface area contributed by atoms with Crippen molar-refractivity contribution in [1.29, 1.82) is 0 Å². The minimum atomic E-state index is -0.147. The third-order valence-corrected chi connectivity index (χ3v) is 4.63. The van der Waals surface area contributed by atoms with Gasteiger partial charge in [-0.25, -0.2) is 4.40 Å². The lowest BCUT2D eigenvalue weighted by atomic mass is 10.3. The van der Waals surface area contributed by atoms with Gasteiger partial charge in [-0.2, -0.15) is 9.97 Å². The number of carbonyl (C=O) groups is 1. The summed E-state index contributed by atoms with van der Waals surface area (Å²) in [5, 5.41) is 17.9.